The number of halogens is 1. The monoisotopic (exact) mass is 415 g/mol. The van der Waals surface area contributed by atoms with Crippen LogP contribution in [0.1, 0.15) is 20.7 Å². The van der Waals surface area contributed by atoms with Crippen molar-refractivity contribution in [3.63, 3.8) is 0 Å². The summed E-state index contributed by atoms with van der Waals surface area (Å²) in [5.74, 6) is -0.482. The van der Waals surface area contributed by atoms with Crippen LogP contribution in [0.4, 0.5) is 5.69 Å². The molecule has 0 aliphatic rings. The first kappa shape index (κ1) is 15.9. The molecule has 110 valence electrons. The van der Waals surface area contributed by atoms with Crippen LogP contribution in [-0.4, -0.2) is 24.9 Å². The van der Waals surface area contributed by atoms with Crippen molar-refractivity contribution in [1.82, 2.24) is 5.32 Å². The average Bonchev–Trinajstić information content (AvgIpc) is 2.92. The fraction of sp³-hybridized carbons (Fsp3) is 0.143. The van der Waals surface area contributed by atoms with E-state index in [-0.39, 0.29) is 11.8 Å². The van der Waals surface area contributed by atoms with Crippen molar-refractivity contribution >= 4 is 51.4 Å². The number of anilines is 1. The normalized spacial score (nSPS) is 10.2. The molecule has 0 atom stereocenters. The molecule has 0 fully saturated rings. The summed E-state index contributed by atoms with van der Waals surface area (Å²) in [6, 6.07) is 8.69. The lowest BCUT2D eigenvalue weighted by atomic mass is 10.1. The van der Waals surface area contributed by atoms with Crippen molar-refractivity contribution in [1.29, 1.82) is 0 Å². The molecule has 1 heterocycles. The average molecular weight is 415 g/mol. The molecule has 2 aromatic rings. The van der Waals surface area contributed by atoms with E-state index in [1.165, 1.54) is 11.3 Å². The van der Waals surface area contributed by atoms with Gasteiger partial charge in [0.25, 0.3) is 11.8 Å². The number of nitrogens with two attached hydrogens (primary N) is 1. The van der Waals surface area contributed by atoms with E-state index in [0.717, 1.165) is 2.88 Å². The maximum Gasteiger partial charge on any atom is 0.256 e. The van der Waals surface area contributed by atoms with Crippen LogP contribution in [-0.2, 0) is 0 Å². The molecule has 7 heteroatoms. The zero-order valence-corrected chi connectivity index (χ0v) is 14.0. The molecule has 2 amide bonds. The summed E-state index contributed by atoms with van der Waals surface area (Å²) < 4.78 is 1.03. The number of hydrogen-bond donors (Lipinski definition) is 3. The lowest BCUT2D eigenvalue weighted by Crippen LogP contribution is -2.29. The highest BCUT2D eigenvalue weighted by molar-refractivity contribution is 14.1. The lowest BCUT2D eigenvalue weighted by molar-refractivity contribution is 0.0955. The van der Waals surface area contributed by atoms with Gasteiger partial charge in [0, 0.05) is 18.5 Å². The van der Waals surface area contributed by atoms with Crippen LogP contribution in [0.5, 0.6) is 0 Å². The van der Waals surface area contributed by atoms with E-state index in [2.05, 4.69) is 33.2 Å². The minimum Gasteiger partial charge on any atom is -0.351 e. The summed E-state index contributed by atoms with van der Waals surface area (Å²) in [5.41, 5.74) is 6.86. The molecule has 0 aliphatic heterocycles. The van der Waals surface area contributed by atoms with Gasteiger partial charge in [0.1, 0.15) is 0 Å². The lowest BCUT2D eigenvalue weighted by Gasteiger charge is -2.10. The maximum absolute atomic E-state index is 12.2. The molecular weight excluding hydrogens is 401 g/mol. The summed E-state index contributed by atoms with van der Waals surface area (Å²) in [5, 5.41) is 7.25. The van der Waals surface area contributed by atoms with Crippen LogP contribution >= 0.6 is 33.9 Å². The van der Waals surface area contributed by atoms with Gasteiger partial charge in [0.15, 0.2) is 0 Å². The Kier molecular flexibility index (Phi) is 5.71. The zero-order valence-electron chi connectivity index (χ0n) is 11.1. The number of thiophene rings is 1. The molecule has 2 rings (SSSR count). The molecule has 0 bridgehead atoms. The van der Waals surface area contributed by atoms with Gasteiger partial charge < -0.3 is 16.4 Å². The second kappa shape index (κ2) is 7.53. The van der Waals surface area contributed by atoms with Crippen LogP contribution in [0.15, 0.2) is 35.7 Å². The van der Waals surface area contributed by atoms with Gasteiger partial charge in [0.2, 0.25) is 0 Å². The van der Waals surface area contributed by atoms with E-state index in [9.17, 15) is 9.59 Å². The first-order valence-electron chi connectivity index (χ1n) is 6.24. The zero-order chi connectivity index (χ0) is 15.2. The summed E-state index contributed by atoms with van der Waals surface area (Å²) in [6.45, 7) is 0.761. The third-order valence-corrected chi connectivity index (χ3v) is 4.47. The van der Waals surface area contributed by atoms with Crippen molar-refractivity contribution < 1.29 is 9.59 Å². The summed E-state index contributed by atoms with van der Waals surface area (Å²) in [6.07, 6.45) is 0. The van der Waals surface area contributed by atoms with Gasteiger partial charge in [-0.25, -0.2) is 0 Å². The molecule has 4 N–H and O–H groups in total. The van der Waals surface area contributed by atoms with E-state index in [1.807, 2.05) is 0 Å². The Bertz CT molecular complexity index is 657. The Morgan fingerprint density at radius 2 is 2.00 bits per heavy atom. The first-order chi connectivity index (χ1) is 10.1. The van der Waals surface area contributed by atoms with E-state index in [0.29, 0.717) is 29.9 Å². The quantitative estimate of drug-likeness (QED) is 0.656. The summed E-state index contributed by atoms with van der Waals surface area (Å²) in [4.78, 5) is 24.2. The van der Waals surface area contributed by atoms with Crippen LogP contribution < -0.4 is 16.4 Å². The molecule has 0 radical (unpaired) electrons. The van der Waals surface area contributed by atoms with Gasteiger partial charge >= 0.3 is 0 Å². The third-order valence-electron chi connectivity index (χ3n) is 2.68. The third kappa shape index (κ3) is 4.26. The van der Waals surface area contributed by atoms with Crippen molar-refractivity contribution in [2.45, 2.75) is 0 Å². The molecule has 0 saturated carbocycles. The van der Waals surface area contributed by atoms with Gasteiger partial charge in [-0.1, -0.05) is 12.1 Å². The topological polar surface area (TPSA) is 84.2 Å². The highest BCUT2D eigenvalue weighted by Crippen LogP contribution is 2.20. The highest BCUT2D eigenvalue weighted by Gasteiger charge is 2.14. The second-order valence-electron chi connectivity index (χ2n) is 4.18. The largest absolute Gasteiger partial charge is 0.351 e. The fourth-order valence-corrected chi connectivity index (χ4v) is 3.02. The van der Waals surface area contributed by atoms with Crippen molar-refractivity contribution in [3.05, 3.63) is 49.7 Å². The van der Waals surface area contributed by atoms with Crippen LogP contribution in [0, 0.1) is 2.88 Å². The Hall–Kier alpha value is -1.45. The predicted octanol–water partition coefficient (Wildman–Crippen LogP) is 2.29. The number of nitrogens with one attached hydrogen (secondary N) is 2. The van der Waals surface area contributed by atoms with Gasteiger partial charge in [-0.15, -0.1) is 11.3 Å². The molecule has 0 aliphatic carbocycles. The van der Waals surface area contributed by atoms with Crippen molar-refractivity contribution in [2.24, 2.45) is 5.73 Å². The SMILES string of the molecule is NCCNC(=O)c1ccccc1NC(=O)c1csc(I)c1. The smallest absolute Gasteiger partial charge is 0.256 e. The van der Waals surface area contributed by atoms with E-state index >= 15 is 0 Å². The summed E-state index contributed by atoms with van der Waals surface area (Å²) >= 11 is 3.66. The Labute approximate surface area is 140 Å². The standard InChI is InChI=1S/C14H14IN3O2S/c15-12-7-9(8-21-12)13(19)18-11-4-2-1-3-10(11)14(20)17-6-5-16/h1-4,7-8H,5-6,16H2,(H,17,20)(H,18,19). The van der Waals surface area contributed by atoms with Gasteiger partial charge in [-0.3, -0.25) is 9.59 Å². The molecule has 0 unspecified atom stereocenters. The maximum atomic E-state index is 12.2. The number of amides is 2. The van der Waals surface area contributed by atoms with E-state index < -0.39 is 0 Å². The molecule has 0 saturated heterocycles. The van der Waals surface area contributed by atoms with Crippen molar-refractivity contribution in [3.8, 4) is 0 Å². The summed E-state index contributed by atoms with van der Waals surface area (Å²) in [7, 11) is 0. The second-order valence-corrected chi connectivity index (χ2v) is 6.99. The van der Waals surface area contributed by atoms with Crippen LogP contribution in [0.2, 0.25) is 0 Å². The molecule has 1 aromatic carbocycles. The Morgan fingerprint density at radius 1 is 1.24 bits per heavy atom. The molecule has 0 spiro atoms. The minimum absolute atomic E-state index is 0.228. The number of carbonyl (C=O) groups is 2. The van der Waals surface area contributed by atoms with Gasteiger partial charge in [0.05, 0.1) is 19.7 Å². The number of hydrogen-bond acceptors (Lipinski definition) is 4. The minimum atomic E-state index is -0.253. The predicted molar refractivity (Wildman–Crippen MR) is 92.8 cm³/mol. The van der Waals surface area contributed by atoms with Crippen LogP contribution in [0.25, 0.3) is 0 Å². The molecule has 21 heavy (non-hydrogen) atoms. The van der Waals surface area contributed by atoms with E-state index in [1.54, 1.807) is 35.7 Å². The van der Waals surface area contributed by atoms with Crippen LogP contribution in [0.3, 0.4) is 0 Å². The van der Waals surface area contributed by atoms with Crippen molar-refractivity contribution in [2.75, 3.05) is 18.4 Å². The van der Waals surface area contributed by atoms with Gasteiger partial charge in [-0.2, -0.15) is 0 Å². The highest BCUT2D eigenvalue weighted by atomic mass is 127. The number of benzene rings is 1. The Balaban J connectivity index is 2.16. The number of rotatable bonds is 5. The molecule has 5 nitrogen and oxygen atoms in total. The first-order valence-corrected chi connectivity index (χ1v) is 8.20. The van der Waals surface area contributed by atoms with Gasteiger partial charge in [-0.05, 0) is 40.8 Å². The molecule has 1 aromatic heterocycles. The van der Waals surface area contributed by atoms with E-state index in [4.69, 9.17) is 5.73 Å². The molecular formula is C14H14IN3O2S. The number of carbonyl (C=O) groups excluding carboxylic acids is 2. The Morgan fingerprint density at radius 3 is 2.67 bits per heavy atom. The fourth-order valence-electron chi connectivity index (χ4n) is 1.69. The number of para-hydroxylation sites is 1.